The van der Waals surface area contributed by atoms with E-state index in [9.17, 15) is 14.4 Å². The van der Waals surface area contributed by atoms with Crippen LogP contribution in [0.2, 0.25) is 0 Å². The molecule has 0 aromatic heterocycles. The number of hydrogen-bond acceptors (Lipinski definition) is 6. The van der Waals surface area contributed by atoms with Crippen molar-refractivity contribution < 1.29 is 28.6 Å². The number of allylic oxidation sites excluding steroid dienone is 4. The fraction of sp³-hybridized carbons (Fsp3) is 0.868. The summed E-state index contributed by atoms with van der Waals surface area (Å²) in [7, 11) is 0. The molecule has 6 heteroatoms. The predicted octanol–water partition coefficient (Wildman–Crippen LogP) is 16.8. The first kappa shape index (κ1) is 56.9. The van der Waals surface area contributed by atoms with Crippen molar-refractivity contribution in [3.05, 3.63) is 24.3 Å². The maximum absolute atomic E-state index is 12.8. The molecule has 59 heavy (non-hydrogen) atoms. The highest BCUT2D eigenvalue weighted by molar-refractivity contribution is 5.71. The molecule has 0 N–H and O–H groups in total. The third kappa shape index (κ3) is 46.8. The Bertz CT molecular complexity index is 958. The summed E-state index contributed by atoms with van der Waals surface area (Å²) in [5.74, 6) is -0.872. The maximum atomic E-state index is 12.8. The molecule has 0 heterocycles. The highest BCUT2D eigenvalue weighted by atomic mass is 16.6. The first-order valence-corrected chi connectivity index (χ1v) is 25.8. The molecule has 0 aromatic carbocycles. The van der Waals surface area contributed by atoms with Crippen LogP contribution >= 0.6 is 0 Å². The lowest BCUT2D eigenvalue weighted by molar-refractivity contribution is -0.167. The van der Waals surface area contributed by atoms with Gasteiger partial charge in [-0.2, -0.15) is 0 Å². The summed E-state index contributed by atoms with van der Waals surface area (Å²) in [5.41, 5.74) is 0. The Labute approximate surface area is 366 Å². The summed E-state index contributed by atoms with van der Waals surface area (Å²) >= 11 is 0. The Hall–Kier alpha value is -2.11. The van der Waals surface area contributed by atoms with Gasteiger partial charge in [-0.05, 0) is 51.4 Å². The van der Waals surface area contributed by atoms with Crippen LogP contribution in [0.25, 0.3) is 0 Å². The van der Waals surface area contributed by atoms with Crippen LogP contribution in [0, 0.1) is 0 Å². The second kappa shape index (κ2) is 48.6. The Balaban J connectivity index is 4.33. The van der Waals surface area contributed by atoms with Crippen molar-refractivity contribution in [3.63, 3.8) is 0 Å². The van der Waals surface area contributed by atoms with Crippen LogP contribution in [-0.4, -0.2) is 37.2 Å². The first-order chi connectivity index (χ1) is 29.0. The van der Waals surface area contributed by atoms with Gasteiger partial charge in [0.1, 0.15) is 13.2 Å². The molecule has 0 aromatic rings. The van der Waals surface area contributed by atoms with Crippen LogP contribution in [0.15, 0.2) is 24.3 Å². The van der Waals surface area contributed by atoms with Crippen LogP contribution in [0.5, 0.6) is 0 Å². The highest BCUT2D eigenvalue weighted by Gasteiger charge is 2.19. The minimum atomic E-state index is -0.770. The fourth-order valence-corrected chi connectivity index (χ4v) is 7.53. The zero-order valence-electron chi connectivity index (χ0n) is 39.5. The summed E-state index contributed by atoms with van der Waals surface area (Å²) in [4.78, 5) is 37.9. The number of carbonyl (C=O) groups excluding carboxylic acids is 3. The highest BCUT2D eigenvalue weighted by Crippen LogP contribution is 2.16. The molecule has 0 aliphatic carbocycles. The SMILES string of the molecule is CCCCCC=CCC=CCCCCCCCC(=O)OCC(COC(=O)CCCCCCCCCCCCCCCCC)OC(=O)CCCCCCCCCCCCC. The molecule has 0 bridgehead atoms. The van der Waals surface area contributed by atoms with Crippen LogP contribution in [0.1, 0.15) is 278 Å². The van der Waals surface area contributed by atoms with Gasteiger partial charge < -0.3 is 14.2 Å². The van der Waals surface area contributed by atoms with E-state index < -0.39 is 6.10 Å². The van der Waals surface area contributed by atoms with Crippen molar-refractivity contribution >= 4 is 17.9 Å². The molecule has 0 amide bonds. The van der Waals surface area contributed by atoms with Gasteiger partial charge in [0.05, 0.1) is 0 Å². The van der Waals surface area contributed by atoms with Crippen molar-refractivity contribution in [1.29, 1.82) is 0 Å². The van der Waals surface area contributed by atoms with E-state index in [1.54, 1.807) is 0 Å². The lowest BCUT2D eigenvalue weighted by Gasteiger charge is -2.18. The minimum Gasteiger partial charge on any atom is -0.462 e. The molecule has 1 unspecified atom stereocenters. The molecular formula is C53H98O6. The van der Waals surface area contributed by atoms with Gasteiger partial charge in [-0.1, -0.05) is 231 Å². The monoisotopic (exact) mass is 831 g/mol. The molecule has 1 atom stereocenters. The second-order valence-electron chi connectivity index (χ2n) is 17.4. The molecule has 6 nitrogen and oxygen atoms in total. The molecule has 0 saturated heterocycles. The van der Waals surface area contributed by atoms with Crippen molar-refractivity contribution in [2.45, 2.75) is 284 Å². The van der Waals surface area contributed by atoms with E-state index in [4.69, 9.17) is 14.2 Å². The number of rotatable bonds is 47. The Morgan fingerprint density at radius 1 is 0.339 bits per heavy atom. The van der Waals surface area contributed by atoms with Crippen molar-refractivity contribution in [2.75, 3.05) is 13.2 Å². The number of carbonyl (C=O) groups is 3. The molecule has 0 rings (SSSR count). The number of unbranched alkanes of at least 4 members (excludes halogenated alkanes) is 32. The number of hydrogen-bond donors (Lipinski definition) is 0. The lowest BCUT2D eigenvalue weighted by atomic mass is 10.0. The minimum absolute atomic E-state index is 0.0709. The van der Waals surface area contributed by atoms with E-state index >= 15 is 0 Å². The zero-order chi connectivity index (χ0) is 43.0. The van der Waals surface area contributed by atoms with Gasteiger partial charge in [0.15, 0.2) is 6.10 Å². The Morgan fingerprint density at radius 2 is 0.610 bits per heavy atom. The van der Waals surface area contributed by atoms with Gasteiger partial charge in [0, 0.05) is 19.3 Å². The van der Waals surface area contributed by atoms with Crippen LogP contribution in [0.3, 0.4) is 0 Å². The number of esters is 3. The van der Waals surface area contributed by atoms with E-state index in [1.807, 2.05) is 0 Å². The Morgan fingerprint density at radius 3 is 0.966 bits per heavy atom. The lowest BCUT2D eigenvalue weighted by Crippen LogP contribution is -2.30. The molecule has 0 radical (unpaired) electrons. The van der Waals surface area contributed by atoms with Gasteiger partial charge in [0.2, 0.25) is 0 Å². The fourth-order valence-electron chi connectivity index (χ4n) is 7.53. The van der Waals surface area contributed by atoms with E-state index in [1.165, 1.54) is 161 Å². The average Bonchev–Trinajstić information content (AvgIpc) is 3.23. The van der Waals surface area contributed by atoms with E-state index in [0.717, 1.165) is 77.0 Å². The third-order valence-corrected chi connectivity index (χ3v) is 11.5. The van der Waals surface area contributed by atoms with Crippen molar-refractivity contribution in [2.24, 2.45) is 0 Å². The Kier molecular flexibility index (Phi) is 46.8. The van der Waals surface area contributed by atoms with E-state index in [2.05, 4.69) is 45.1 Å². The standard InChI is InChI=1S/C53H98O6/c1-4-7-10-13-16-19-22-24-26-28-31-33-36-39-42-45-51(54)57-48-50(59-53(56)47-44-41-38-35-30-21-18-15-12-9-6-3)49-58-52(55)46-43-40-37-34-32-29-27-25-23-20-17-14-11-8-5-2/h16,19,24,26,50H,4-15,17-18,20-23,25,27-49H2,1-3H3. The van der Waals surface area contributed by atoms with Gasteiger partial charge in [-0.15, -0.1) is 0 Å². The summed E-state index contributed by atoms with van der Waals surface area (Å²) in [6.45, 7) is 6.62. The smallest absolute Gasteiger partial charge is 0.306 e. The number of ether oxygens (including phenoxy) is 3. The third-order valence-electron chi connectivity index (χ3n) is 11.5. The quantitative estimate of drug-likeness (QED) is 0.0263. The molecular weight excluding hydrogens is 733 g/mol. The molecule has 0 spiro atoms. The molecule has 0 fully saturated rings. The summed E-state index contributed by atoms with van der Waals surface area (Å²) < 4.78 is 16.8. The van der Waals surface area contributed by atoms with Crippen LogP contribution in [0.4, 0.5) is 0 Å². The second-order valence-corrected chi connectivity index (χ2v) is 17.4. The predicted molar refractivity (Wildman–Crippen MR) is 252 cm³/mol. The zero-order valence-corrected chi connectivity index (χ0v) is 39.5. The maximum Gasteiger partial charge on any atom is 0.306 e. The topological polar surface area (TPSA) is 78.9 Å². The van der Waals surface area contributed by atoms with Gasteiger partial charge >= 0.3 is 17.9 Å². The van der Waals surface area contributed by atoms with Crippen molar-refractivity contribution in [1.82, 2.24) is 0 Å². The van der Waals surface area contributed by atoms with Gasteiger partial charge in [-0.3, -0.25) is 14.4 Å². The van der Waals surface area contributed by atoms with E-state index in [0.29, 0.717) is 19.3 Å². The van der Waals surface area contributed by atoms with E-state index in [-0.39, 0.29) is 31.1 Å². The molecule has 0 saturated carbocycles. The molecule has 346 valence electrons. The van der Waals surface area contributed by atoms with Crippen molar-refractivity contribution in [3.8, 4) is 0 Å². The van der Waals surface area contributed by atoms with Crippen LogP contribution < -0.4 is 0 Å². The first-order valence-electron chi connectivity index (χ1n) is 25.8. The van der Waals surface area contributed by atoms with Crippen LogP contribution in [-0.2, 0) is 28.6 Å². The van der Waals surface area contributed by atoms with Gasteiger partial charge in [-0.25, -0.2) is 0 Å². The summed E-state index contributed by atoms with van der Waals surface area (Å²) in [6.07, 6.45) is 54.4. The summed E-state index contributed by atoms with van der Waals surface area (Å²) in [6, 6.07) is 0. The largest absolute Gasteiger partial charge is 0.462 e. The average molecular weight is 831 g/mol. The normalized spacial score (nSPS) is 12.1. The molecule has 0 aliphatic heterocycles. The summed E-state index contributed by atoms with van der Waals surface area (Å²) in [5, 5.41) is 0. The molecule has 0 aliphatic rings. The van der Waals surface area contributed by atoms with Gasteiger partial charge in [0.25, 0.3) is 0 Å².